The molecule has 2 aromatic rings. The van der Waals surface area contributed by atoms with Gasteiger partial charge in [-0.05, 0) is 18.2 Å². The van der Waals surface area contributed by atoms with Crippen LogP contribution in [0.25, 0.3) is 0 Å². The molecule has 5 nitrogen and oxygen atoms in total. The van der Waals surface area contributed by atoms with Gasteiger partial charge in [-0.1, -0.05) is 35.3 Å². The number of halogens is 3. The third-order valence-electron chi connectivity index (χ3n) is 3.00. The normalized spacial score (nSPS) is 11.0. The number of guanidine groups is 1. The van der Waals surface area contributed by atoms with Gasteiger partial charge in [0.2, 0.25) is 0 Å². The fourth-order valence-electron chi connectivity index (χ4n) is 1.83. The van der Waals surface area contributed by atoms with Crippen LogP contribution in [0.1, 0.15) is 5.69 Å². The molecule has 0 bridgehead atoms. The molecule has 0 saturated heterocycles. The lowest BCUT2D eigenvalue weighted by Gasteiger charge is -2.10. The van der Waals surface area contributed by atoms with Crippen molar-refractivity contribution in [2.75, 3.05) is 12.4 Å². The second-order valence-electron chi connectivity index (χ2n) is 4.36. The molecule has 0 amide bonds. The number of para-hydroxylation sites is 2. The topological polar surface area (TPSA) is 64.6 Å². The number of nitrogens with one attached hydrogen (secondary N) is 1. The summed E-state index contributed by atoms with van der Waals surface area (Å²) in [6.45, 7) is 0.372. The lowest BCUT2D eigenvalue weighted by molar-refractivity contribution is 0.417. The number of rotatable bonds is 4. The van der Waals surface area contributed by atoms with Crippen LogP contribution in [-0.2, 0) is 13.6 Å². The van der Waals surface area contributed by atoms with Crippen LogP contribution in [-0.4, -0.2) is 17.6 Å². The molecular weight excluding hydrogens is 438 g/mol. The zero-order valence-electron chi connectivity index (χ0n) is 12.1. The number of nitrogens with two attached hydrogens (primary N) is 1. The quantitative estimate of drug-likeness (QED) is 0.418. The van der Waals surface area contributed by atoms with Crippen LogP contribution in [0, 0.1) is 0 Å². The van der Waals surface area contributed by atoms with E-state index in [0.29, 0.717) is 22.5 Å². The molecule has 1 heterocycles. The summed E-state index contributed by atoms with van der Waals surface area (Å²) in [4.78, 5) is 4.27. The van der Waals surface area contributed by atoms with Crippen LogP contribution >= 0.6 is 47.2 Å². The van der Waals surface area contributed by atoms with Crippen molar-refractivity contribution >= 4 is 58.8 Å². The molecule has 3 N–H and O–H groups in total. The number of hydrogen-bond donors (Lipinski definition) is 2. The standard InChI is InChI=1S/C14H16Cl2N4O.HI/c1-20-9(7-10(15)13(20)16)8-18-14(17)19-11-5-3-4-6-12(11)21-2;/h3-7H,8H2,1-2H3,(H3,17,18,19);1H. The van der Waals surface area contributed by atoms with E-state index in [4.69, 9.17) is 33.7 Å². The molecule has 22 heavy (non-hydrogen) atoms. The van der Waals surface area contributed by atoms with Crippen molar-refractivity contribution in [2.24, 2.45) is 17.8 Å². The molecule has 1 aromatic heterocycles. The summed E-state index contributed by atoms with van der Waals surface area (Å²) in [5.41, 5.74) is 7.50. The molecule has 0 aliphatic carbocycles. The second-order valence-corrected chi connectivity index (χ2v) is 5.13. The molecule has 0 aliphatic rings. The van der Waals surface area contributed by atoms with Crippen molar-refractivity contribution in [2.45, 2.75) is 6.54 Å². The van der Waals surface area contributed by atoms with Gasteiger partial charge in [0, 0.05) is 12.7 Å². The predicted molar refractivity (Wildman–Crippen MR) is 103 cm³/mol. The van der Waals surface area contributed by atoms with E-state index in [0.717, 1.165) is 11.4 Å². The van der Waals surface area contributed by atoms with Gasteiger partial charge in [0.25, 0.3) is 0 Å². The Hall–Kier alpha value is -1.12. The Morgan fingerprint density at radius 2 is 2.05 bits per heavy atom. The first-order chi connectivity index (χ1) is 10.0. The van der Waals surface area contributed by atoms with Gasteiger partial charge in [-0.3, -0.25) is 0 Å². The SMILES string of the molecule is COc1ccccc1NC(N)=NCc1cc(Cl)c(Cl)n1C.I. The van der Waals surface area contributed by atoms with E-state index in [1.165, 1.54) is 0 Å². The number of aliphatic imine (C=N–C) groups is 1. The van der Waals surface area contributed by atoms with Crippen LogP contribution in [0.2, 0.25) is 10.2 Å². The van der Waals surface area contributed by atoms with Crippen molar-refractivity contribution in [3.8, 4) is 5.75 Å². The number of benzene rings is 1. The Morgan fingerprint density at radius 1 is 1.36 bits per heavy atom. The molecule has 0 spiro atoms. The summed E-state index contributed by atoms with van der Waals surface area (Å²) in [6.07, 6.45) is 0. The minimum Gasteiger partial charge on any atom is -0.495 e. The van der Waals surface area contributed by atoms with E-state index >= 15 is 0 Å². The van der Waals surface area contributed by atoms with Crippen molar-refractivity contribution in [1.82, 2.24) is 4.57 Å². The Morgan fingerprint density at radius 3 is 2.64 bits per heavy atom. The third-order valence-corrected chi connectivity index (χ3v) is 3.84. The first kappa shape index (κ1) is 18.9. The first-order valence-electron chi connectivity index (χ1n) is 6.22. The zero-order chi connectivity index (χ0) is 15.4. The van der Waals surface area contributed by atoms with Crippen LogP contribution in [0.3, 0.4) is 0 Å². The molecule has 8 heteroatoms. The highest BCUT2D eigenvalue weighted by atomic mass is 127. The van der Waals surface area contributed by atoms with Crippen molar-refractivity contribution in [3.05, 3.63) is 46.2 Å². The smallest absolute Gasteiger partial charge is 0.193 e. The number of nitrogens with zero attached hydrogens (tertiary/aromatic N) is 2. The maximum atomic E-state index is 6.00. The van der Waals surface area contributed by atoms with E-state index in [1.807, 2.05) is 31.3 Å². The molecule has 0 fully saturated rings. The van der Waals surface area contributed by atoms with Crippen LogP contribution in [0.15, 0.2) is 35.3 Å². The molecule has 2 rings (SSSR count). The van der Waals surface area contributed by atoms with Crippen LogP contribution in [0.5, 0.6) is 5.75 Å². The van der Waals surface area contributed by atoms with E-state index in [1.54, 1.807) is 17.7 Å². The van der Waals surface area contributed by atoms with Crippen molar-refractivity contribution < 1.29 is 4.74 Å². The average molecular weight is 455 g/mol. The van der Waals surface area contributed by atoms with Gasteiger partial charge >= 0.3 is 0 Å². The number of anilines is 1. The van der Waals surface area contributed by atoms with Gasteiger partial charge < -0.3 is 20.4 Å². The Bertz CT molecular complexity index is 673. The van der Waals surface area contributed by atoms with E-state index < -0.39 is 0 Å². The lowest BCUT2D eigenvalue weighted by Crippen LogP contribution is -2.23. The Labute approximate surface area is 156 Å². The van der Waals surface area contributed by atoms with Gasteiger partial charge in [-0.2, -0.15) is 0 Å². The Kier molecular flexibility index (Phi) is 7.31. The third kappa shape index (κ3) is 4.44. The fourth-order valence-corrected chi connectivity index (χ4v) is 2.25. The highest BCUT2D eigenvalue weighted by molar-refractivity contribution is 14.0. The highest BCUT2D eigenvalue weighted by Crippen LogP contribution is 2.26. The average Bonchev–Trinajstić information content (AvgIpc) is 2.73. The maximum absolute atomic E-state index is 6.00. The van der Waals surface area contributed by atoms with Gasteiger partial charge in [0.05, 0.1) is 24.4 Å². The summed E-state index contributed by atoms with van der Waals surface area (Å²) in [5, 5.41) is 3.99. The van der Waals surface area contributed by atoms with Gasteiger partial charge in [0.1, 0.15) is 10.9 Å². The summed E-state index contributed by atoms with van der Waals surface area (Å²) < 4.78 is 7.00. The largest absolute Gasteiger partial charge is 0.495 e. The van der Waals surface area contributed by atoms with Crippen LogP contribution < -0.4 is 15.8 Å². The molecular formula is C14H17Cl2IN4O. The van der Waals surface area contributed by atoms with Gasteiger partial charge in [-0.25, -0.2) is 4.99 Å². The summed E-state index contributed by atoms with van der Waals surface area (Å²) in [7, 11) is 3.42. The minimum atomic E-state index is 0. The molecule has 0 radical (unpaired) electrons. The Balaban J connectivity index is 0.00000242. The maximum Gasteiger partial charge on any atom is 0.193 e. The van der Waals surface area contributed by atoms with E-state index in [-0.39, 0.29) is 29.9 Å². The molecule has 0 aliphatic heterocycles. The number of aromatic nitrogens is 1. The molecule has 0 saturated carbocycles. The van der Waals surface area contributed by atoms with Gasteiger partial charge in [0.15, 0.2) is 5.96 Å². The number of ether oxygens (including phenoxy) is 1. The van der Waals surface area contributed by atoms with E-state index in [9.17, 15) is 0 Å². The van der Waals surface area contributed by atoms with E-state index in [2.05, 4.69) is 10.3 Å². The first-order valence-corrected chi connectivity index (χ1v) is 6.98. The fraction of sp³-hybridized carbons (Fsp3) is 0.214. The second kappa shape index (κ2) is 8.50. The lowest BCUT2D eigenvalue weighted by atomic mass is 10.3. The molecule has 1 aromatic carbocycles. The van der Waals surface area contributed by atoms with Crippen LogP contribution in [0.4, 0.5) is 5.69 Å². The molecule has 120 valence electrons. The number of hydrogen-bond acceptors (Lipinski definition) is 2. The van der Waals surface area contributed by atoms with Crippen molar-refractivity contribution in [1.29, 1.82) is 0 Å². The number of methoxy groups -OCH3 is 1. The monoisotopic (exact) mass is 454 g/mol. The van der Waals surface area contributed by atoms with Gasteiger partial charge in [-0.15, -0.1) is 24.0 Å². The summed E-state index contributed by atoms with van der Waals surface area (Å²) in [6, 6.07) is 9.23. The minimum absolute atomic E-state index is 0. The van der Waals surface area contributed by atoms with Crippen molar-refractivity contribution in [3.63, 3.8) is 0 Å². The summed E-state index contributed by atoms with van der Waals surface area (Å²) >= 11 is 12.0. The highest BCUT2D eigenvalue weighted by Gasteiger charge is 2.08. The summed E-state index contributed by atoms with van der Waals surface area (Å²) in [5.74, 6) is 0.980. The molecule has 0 atom stereocenters. The predicted octanol–water partition coefficient (Wildman–Crippen LogP) is 3.89. The zero-order valence-corrected chi connectivity index (χ0v) is 16.0. The molecule has 0 unspecified atom stereocenters.